The van der Waals surface area contributed by atoms with Crippen LogP contribution in [-0.4, -0.2) is 7.05 Å². The van der Waals surface area contributed by atoms with E-state index in [1.165, 1.54) is 12.1 Å². The number of benzene rings is 2. The molecule has 4 heteroatoms. The molecule has 0 aromatic heterocycles. The summed E-state index contributed by atoms with van der Waals surface area (Å²) in [5.74, 6) is -0.290. The zero-order valence-corrected chi connectivity index (χ0v) is 10.8. The summed E-state index contributed by atoms with van der Waals surface area (Å²) in [4.78, 5) is 1.90. The Labute approximate surface area is 111 Å². The van der Waals surface area contributed by atoms with E-state index >= 15 is 0 Å². The number of hydrogen-bond acceptors (Lipinski definition) is 2. The Bertz CT molecular complexity index is 540. The number of nitrogens with two attached hydrogens (primary N) is 1. The van der Waals surface area contributed by atoms with E-state index in [1.54, 1.807) is 6.07 Å². The van der Waals surface area contributed by atoms with Crippen molar-refractivity contribution in [3.63, 3.8) is 0 Å². The van der Waals surface area contributed by atoms with Gasteiger partial charge in [-0.05, 0) is 35.9 Å². The average Bonchev–Trinajstić information content (AvgIpc) is 2.35. The minimum Gasteiger partial charge on any atom is -0.397 e. The summed E-state index contributed by atoms with van der Waals surface area (Å²) in [7, 11) is 1.87. The summed E-state index contributed by atoms with van der Waals surface area (Å²) in [5, 5.41) is 0.701. The third-order valence-corrected chi connectivity index (χ3v) is 2.99. The summed E-state index contributed by atoms with van der Waals surface area (Å²) in [6.45, 7) is 0.644. The molecule has 0 saturated carbocycles. The van der Waals surface area contributed by atoms with Crippen molar-refractivity contribution in [3.8, 4) is 0 Å². The first kappa shape index (κ1) is 12.7. The Kier molecular flexibility index (Phi) is 3.72. The fourth-order valence-corrected chi connectivity index (χ4v) is 1.92. The van der Waals surface area contributed by atoms with Crippen molar-refractivity contribution in [2.24, 2.45) is 0 Å². The van der Waals surface area contributed by atoms with Crippen LogP contribution in [0.5, 0.6) is 0 Å². The average molecular weight is 265 g/mol. The van der Waals surface area contributed by atoms with Crippen molar-refractivity contribution in [2.75, 3.05) is 17.7 Å². The summed E-state index contributed by atoms with van der Waals surface area (Å²) in [5.41, 5.74) is 8.18. The topological polar surface area (TPSA) is 29.3 Å². The van der Waals surface area contributed by atoms with Gasteiger partial charge in [-0.25, -0.2) is 4.39 Å². The predicted octanol–water partition coefficient (Wildman–Crippen LogP) is 3.70. The highest BCUT2D eigenvalue weighted by molar-refractivity contribution is 6.30. The van der Waals surface area contributed by atoms with Gasteiger partial charge in [-0.2, -0.15) is 0 Å². The summed E-state index contributed by atoms with van der Waals surface area (Å²) < 4.78 is 13.2. The quantitative estimate of drug-likeness (QED) is 0.857. The first-order chi connectivity index (χ1) is 8.56. The minimum atomic E-state index is -0.290. The molecule has 0 radical (unpaired) electrons. The zero-order chi connectivity index (χ0) is 13.1. The maximum absolute atomic E-state index is 13.2. The largest absolute Gasteiger partial charge is 0.397 e. The van der Waals surface area contributed by atoms with Crippen LogP contribution >= 0.6 is 11.6 Å². The number of nitrogens with zero attached hydrogens (tertiary/aromatic N) is 1. The zero-order valence-electron chi connectivity index (χ0n) is 10.0. The molecule has 0 heterocycles. The predicted molar refractivity (Wildman–Crippen MR) is 74.4 cm³/mol. The Hall–Kier alpha value is -1.74. The number of anilines is 2. The second-order valence-electron chi connectivity index (χ2n) is 4.19. The van der Waals surface area contributed by atoms with Gasteiger partial charge in [-0.3, -0.25) is 0 Å². The molecular formula is C14H14ClFN2. The van der Waals surface area contributed by atoms with Gasteiger partial charge >= 0.3 is 0 Å². The molecule has 0 atom stereocenters. The first-order valence-corrected chi connectivity index (χ1v) is 5.94. The second-order valence-corrected chi connectivity index (χ2v) is 4.62. The third kappa shape index (κ3) is 2.93. The van der Waals surface area contributed by atoms with E-state index in [0.29, 0.717) is 22.9 Å². The minimum absolute atomic E-state index is 0.290. The molecule has 0 aliphatic carbocycles. The van der Waals surface area contributed by atoms with Crippen LogP contribution in [0.3, 0.4) is 0 Å². The monoisotopic (exact) mass is 264 g/mol. The lowest BCUT2D eigenvalue weighted by atomic mass is 10.2. The molecule has 2 rings (SSSR count). The van der Waals surface area contributed by atoms with E-state index in [9.17, 15) is 4.39 Å². The van der Waals surface area contributed by atoms with E-state index in [-0.39, 0.29) is 5.82 Å². The smallest absolute Gasteiger partial charge is 0.125 e. The number of halogens is 2. The van der Waals surface area contributed by atoms with Crippen molar-refractivity contribution in [1.29, 1.82) is 0 Å². The molecule has 18 heavy (non-hydrogen) atoms. The molecule has 0 saturated heterocycles. The molecule has 2 nitrogen and oxygen atoms in total. The molecule has 2 N–H and O–H groups in total. The van der Waals surface area contributed by atoms with Gasteiger partial charge < -0.3 is 10.6 Å². The molecule has 0 spiro atoms. The molecule has 0 bridgehead atoms. The molecule has 94 valence electrons. The van der Waals surface area contributed by atoms with Crippen LogP contribution in [0.15, 0.2) is 42.5 Å². The fourth-order valence-electron chi connectivity index (χ4n) is 1.80. The molecule has 2 aromatic rings. The van der Waals surface area contributed by atoms with Gasteiger partial charge in [0.15, 0.2) is 0 Å². The van der Waals surface area contributed by atoms with Crippen LogP contribution in [0, 0.1) is 5.82 Å². The first-order valence-electron chi connectivity index (χ1n) is 5.57. The van der Waals surface area contributed by atoms with Crippen molar-refractivity contribution in [1.82, 2.24) is 0 Å². The lowest BCUT2D eigenvalue weighted by Gasteiger charge is -2.21. The van der Waals surface area contributed by atoms with Gasteiger partial charge in [-0.1, -0.05) is 23.7 Å². The number of rotatable bonds is 3. The van der Waals surface area contributed by atoms with Gasteiger partial charge in [-0.15, -0.1) is 0 Å². The van der Waals surface area contributed by atoms with Gasteiger partial charge in [0.2, 0.25) is 0 Å². The van der Waals surface area contributed by atoms with Crippen molar-refractivity contribution in [2.45, 2.75) is 6.54 Å². The summed E-state index contributed by atoms with van der Waals surface area (Å²) in [6, 6.07) is 11.9. The highest BCUT2D eigenvalue weighted by Crippen LogP contribution is 2.24. The molecule has 0 fully saturated rings. The van der Waals surface area contributed by atoms with E-state index < -0.39 is 0 Å². The maximum atomic E-state index is 13.2. The van der Waals surface area contributed by atoms with Crippen LogP contribution in [0.4, 0.5) is 15.8 Å². The van der Waals surface area contributed by atoms with E-state index in [1.807, 2.05) is 36.2 Å². The van der Waals surface area contributed by atoms with E-state index in [2.05, 4.69) is 0 Å². The maximum Gasteiger partial charge on any atom is 0.125 e. The van der Waals surface area contributed by atoms with Gasteiger partial charge in [0, 0.05) is 18.6 Å². The van der Waals surface area contributed by atoms with Crippen molar-refractivity contribution < 1.29 is 4.39 Å². The Balaban J connectivity index is 2.18. The third-order valence-electron chi connectivity index (χ3n) is 2.74. The van der Waals surface area contributed by atoms with Crippen LogP contribution in [-0.2, 0) is 6.54 Å². The highest BCUT2D eigenvalue weighted by atomic mass is 35.5. The molecule has 0 amide bonds. The molecular weight excluding hydrogens is 251 g/mol. The molecule has 0 aliphatic heterocycles. The van der Waals surface area contributed by atoms with Crippen LogP contribution in [0.1, 0.15) is 5.56 Å². The van der Waals surface area contributed by atoms with E-state index in [4.69, 9.17) is 17.3 Å². The summed E-state index contributed by atoms with van der Waals surface area (Å²) in [6.07, 6.45) is 0. The Morgan fingerprint density at radius 1 is 1.17 bits per heavy atom. The van der Waals surface area contributed by atoms with Crippen molar-refractivity contribution in [3.05, 3.63) is 58.9 Å². The van der Waals surface area contributed by atoms with Gasteiger partial charge in [0.1, 0.15) is 5.82 Å². The SMILES string of the molecule is CN(Cc1ccc(Cl)cc1)c1cc(F)ccc1N. The molecule has 0 unspecified atom stereocenters. The Morgan fingerprint density at radius 3 is 2.50 bits per heavy atom. The van der Waals surface area contributed by atoms with Crippen LogP contribution in [0.25, 0.3) is 0 Å². The second kappa shape index (κ2) is 5.27. The van der Waals surface area contributed by atoms with Crippen LogP contribution in [0.2, 0.25) is 5.02 Å². The van der Waals surface area contributed by atoms with Crippen LogP contribution < -0.4 is 10.6 Å². The molecule has 0 aliphatic rings. The Morgan fingerprint density at radius 2 is 1.83 bits per heavy atom. The van der Waals surface area contributed by atoms with E-state index in [0.717, 1.165) is 5.56 Å². The number of hydrogen-bond donors (Lipinski definition) is 1. The normalized spacial score (nSPS) is 10.4. The fraction of sp³-hybridized carbons (Fsp3) is 0.143. The lowest BCUT2D eigenvalue weighted by molar-refractivity contribution is 0.627. The van der Waals surface area contributed by atoms with Gasteiger partial charge in [0.25, 0.3) is 0 Å². The van der Waals surface area contributed by atoms with Gasteiger partial charge in [0.05, 0.1) is 11.4 Å². The molecule has 2 aromatic carbocycles. The number of nitrogen functional groups attached to an aromatic ring is 1. The van der Waals surface area contributed by atoms with Crippen molar-refractivity contribution >= 4 is 23.0 Å². The standard InChI is InChI=1S/C14H14ClFN2/c1-18(9-10-2-4-11(15)5-3-10)14-8-12(16)6-7-13(14)17/h2-8H,9,17H2,1H3. The lowest BCUT2D eigenvalue weighted by Crippen LogP contribution is -2.17. The summed E-state index contributed by atoms with van der Waals surface area (Å²) >= 11 is 5.83. The highest BCUT2D eigenvalue weighted by Gasteiger charge is 2.07.